The highest BCUT2D eigenvalue weighted by Crippen LogP contribution is 2.51. The van der Waals surface area contributed by atoms with E-state index in [4.69, 9.17) is 4.74 Å². The number of hydrogen-bond acceptors (Lipinski definition) is 5. The van der Waals surface area contributed by atoms with Gasteiger partial charge in [-0.2, -0.15) is 18.4 Å². The molecule has 5 nitrogen and oxygen atoms in total. The summed E-state index contributed by atoms with van der Waals surface area (Å²) in [4.78, 5) is 4.64. The van der Waals surface area contributed by atoms with E-state index < -0.39 is 24.3 Å². The Labute approximate surface area is 239 Å². The van der Waals surface area contributed by atoms with E-state index in [-0.39, 0.29) is 29.3 Å². The van der Waals surface area contributed by atoms with Gasteiger partial charge >= 0.3 is 6.18 Å². The third-order valence-corrected chi connectivity index (χ3v) is 9.31. The average molecular weight is 574 g/mol. The summed E-state index contributed by atoms with van der Waals surface area (Å²) < 4.78 is 58.3. The summed E-state index contributed by atoms with van der Waals surface area (Å²) in [5.74, 6) is 0.0455. The number of nitrogens with zero attached hydrogens (tertiary/aromatic N) is 3. The van der Waals surface area contributed by atoms with Crippen molar-refractivity contribution in [1.29, 1.82) is 5.26 Å². The number of hydrogen-bond donors (Lipinski definition) is 1. The van der Waals surface area contributed by atoms with Gasteiger partial charge < -0.3 is 19.6 Å². The smallest absolute Gasteiger partial charge is 0.371 e. The predicted molar refractivity (Wildman–Crippen MR) is 149 cm³/mol. The Kier molecular flexibility index (Phi) is 8.93. The van der Waals surface area contributed by atoms with Crippen molar-refractivity contribution < 1.29 is 27.4 Å². The second-order valence-corrected chi connectivity index (χ2v) is 12.1. The zero-order valence-corrected chi connectivity index (χ0v) is 23.5. The molecule has 0 radical (unpaired) electrons. The molecular weight excluding hydrogens is 534 g/mol. The summed E-state index contributed by atoms with van der Waals surface area (Å²) in [6.07, 6.45) is -2.17. The lowest BCUT2D eigenvalue weighted by molar-refractivity contribution is -0.142. The summed E-state index contributed by atoms with van der Waals surface area (Å²) in [5.41, 5.74) is 1.04. The number of ether oxygens (including phenoxy) is 1. The molecule has 0 bridgehead atoms. The first kappa shape index (κ1) is 29.8. The molecule has 1 aliphatic carbocycles. The molecule has 9 heteroatoms. The van der Waals surface area contributed by atoms with Gasteiger partial charge in [0.15, 0.2) is 6.29 Å². The molecule has 2 saturated heterocycles. The van der Waals surface area contributed by atoms with Crippen LogP contribution in [0.25, 0.3) is 0 Å². The molecule has 41 heavy (non-hydrogen) atoms. The van der Waals surface area contributed by atoms with Gasteiger partial charge in [-0.3, -0.25) is 0 Å². The van der Waals surface area contributed by atoms with Crippen molar-refractivity contribution in [3.63, 3.8) is 0 Å². The molecule has 0 amide bonds. The molecule has 2 aromatic carbocycles. The highest BCUT2D eigenvalue weighted by Gasteiger charge is 2.53. The Morgan fingerprint density at radius 1 is 1.05 bits per heavy atom. The number of nitriles is 1. The van der Waals surface area contributed by atoms with Crippen LogP contribution in [0.1, 0.15) is 50.2 Å². The highest BCUT2D eigenvalue weighted by atomic mass is 19.4. The van der Waals surface area contributed by atoms with Crippen LogP contribution >= 0.6 is 0 Å². The van der Waals surface area contributed by atoms with Crippen molar-refractivity contribution in [1.82, 2.24) is 4.90 Å². The largest absolute Gasteiger partial charge is 0.393 e. The second kappa shape index (κ2) is 12.3. The number of alkyl halides is 3. The fraction of sp³-hybridized carbons (Fsp3) is 0.594. The fourth-order valence-corrected chi connectivity index (χ4v) is 7.49. The van der Waals surface area contributed by atoms with Crippen LogP contribution in [0, 0.1) is 34.9 Å². The molecule has 5 rings (SSSR count). The highest BCUT2D eigenvalue weighted by molar-refractivity contribution is 5.50. The molecule has 4 atom stereocenters. The number of aliphatic hydroxyl groups is 1. The maximum Gasteiger partial charge on any atom is 0.393 e. The number of anilines is 1. The maximum atomic E-state index is 14.4. The van der Waals surface area contributed by atoms with E-state index >= 15 is 0 Å². The van der Waals surface area contributed by atoms with Crippen LogP contribution in [0.4, 0.5) is 23.2 Å². The van der Waals surface area contributed by atoms with Crippen molar-refractivity contribution in [2.75, 3.05) is 37.6 Å². The average Bonchev–Trinajstić information content (AvgIpc) is 3.35. The number of halogens is 4. The van der Waals surface area contributed by atoms with Crippen LogP contribution < -0.4 is 4.90 Å². The fourth-order valence-electron chi connectivity index (χ4n) is 7.49. The van der Waals surface area contributed by atoms with E-state index in [0.29, 0.717) is 11.5 Å². The molecule has 2 heterocycles. The van der Waals surface area contributed by atoms with Gasteiger partial charge in [-0.15, -0.1) is 0 Å². The lowest BCUT2D eigenvalue weighted by atomic mass is 9.59. The monoisotopic (exact) mass is 573 g/mol. The van der Waals surface area contributed by atoms with Gasteiger partial charge in [0.1, 0.15) is 5.82 Å². The molecule has 2 unspecified atom stereocenters. The number of likely N-dealkylation sites (tertiary alicyclic amines) is 1. The van der Waals surface area contributed by atoms with Crippen LogP contribution in [0.5, 0.6) is 0 Å². The number of aliphatic hydroxyl groups excluding tert-OH is 1. The molecule has 1 saturated carbocycles. The molecule has 0 aromatic heterocycles. The third-order valence-electron chi connectivity index (χ3n) is 9.31. The summed E-state index contributed by atoms with van der Waals surface area (Å²) in [7, 11) is 0. The van der Waals surface area contributed by atoms with Crippen LogP contribution in [-0.2, 0) is 16.6 Å². The van der Waals surface area contributed by atoms with E-state index in [1.807, 2.05) is 6.07 Å². The summed E-state index contributed by atoms with van der Waals surface area (Å²) in [6, 6.07) is 15.8. The molecule has 3 aliphatic rings. The van der Waals surface area contributed by atoms with E-state index in [2.05, 4.69) is 15.9 Å². The Hall–Kier alpha value is -2.67. The maximum absolute atomic E-state index is 14.4. The molecule has 3 fully saturated rings. The standard InChI is InChI=1S/C32H39F4N3O2/c1-22(40)41-30-7-3-6-29(30)31(21-37,26-4-2-5-27(33)16-26)25-12-14-38(15-13-25)18-24-19-39(20-24)28-10-8-23(9-11-28)17-32(34,35)36/h2,4-5,8-11,16,22,24-25,29-30,40H,3,6-7,12-15,17-20H2,1H3/t22?,29-,30-,31?/m0/s1. The number of rotatable bonds is 9. The van der Waals surface area contributed by atoms with E-state index in [0.717, 1.165) is 70.5 Å². The Morgan fingerprint density at radius 2 is 1.76 bits per heavy atom. The van der Waals surface area contributed by atoms with Crippen LogP contribution in [0.3, 0.4) is 0 Å². The first-order valence-corrected chi connectivity index (χ1v) is 14.7. The van der Waals surface area contributed by atoms with Gasteiger partial charge in [0, 0.05) is 37.2 Å². The second-order valence-electron chi connectivity index (χ2n) is 12.1. The van der Waals surface area contributed by atoms with Gasteiger partial charge in [0.2, 0.25) is 0 Å². The van der Waals surface area contributed by atoms with E-state index in [1.54, 1.807) is 37.3 Å². The van der Waals surface area contributed by atoms with E-state index in [9.17, 15) is 27.9 Å². The minimum atomic E-state index is -4.20. The molecule has 2 aliphatic heterocycles. The quantitative estimate of drug-likeness (QED) is 0.292. The first-order valence-electron chi connectivity index (χ1n) is 14.7. The zero-order chi connectivity index (χ0) is 29.2. The van der Waals surface area contributed by atoms with Crippen LogP contribution in [-0.4, -0.2) is 61.3 Å². The molecule has 2 aromatic rings. The van der Waals surface area contributed by atoms with Crippen molar-refractivity contribution in [2.24, 2.45) is 17.8 Å². The van der Waals surface area contributed by atoms with Crippen LogP contribution in [0.15, 0.2) is 48.5 Å². The van der Waals surface area contributed by atoms with Crippen molar-refractivity contribution >= 4 is 5.69 Å². The van der Waals surface area contributed by atoms with Crippen molar-refractivity contribution in [3.8, 4) is 6.07 Å². The molecule has 0 spiro atoms. The zero-order valence-electron chi connectivity index (χ0n) is 23.5. The summed E-state index contributed by atoms with van der Waals surface area (Å²) >= 11 is 0. The van der Waals surface area contributed by atoms with Crippen molar-refractivity contribution in [3.05, 3.63) is 65.5 Å². The predicted octanol–water partition coefficient (Wildman–Crippen LogP) is 6.06. The normalized spacial score (nSPS) is 25.0. The van der Waals surface area contributed by atoms with Gasteiger partial charge in [0.05, 0.1) is 24.0 Å². The molecule has 222 valence electrons. The Balaban J connectivity index is 1.21. The third kappa shape index (κ3) is 6.71. The SMILES string of the molecule is CC(O)O[C@H]1CCC[C@@H]1C(C#N)(c1cccc(F)c1)C1CCN(CC2CN(c3ccc(CC(F)(F)F)cc3)C2)CC1. The van der Waals surface area contributed by atoms with Crippen LogP contribution in [0.2, 0.25) is 0 Å². The first-order chi connectivity index (χ1) is 19.6. The van der Waals surface area contributed by atoms with Gasteiger partial charge in [-0.1, -0.05) is 30.7 Å². The number of benzene rings is 2. The van der Waals surface area contributed by atoms with Gasteiger partial charge in [-0.25, -0.2) is 4.39 Å². The van der Waals surface area contributed by atoms with Crippen molar-refractivity contribution in [2.45, 2.75) is 69.4 Å². The lowest BCUT2D eigenvalue weighted by Crippen LogP contribution is -2.54. The molecular formula is C32H39F4N3O2. The van der Waals surface area contributed by atoms with E-state index in [1.165, 1.54) is 12.1 Å². The summed E-state index contributed by atoms with van der Waals surface area (Å²) in [5, 5.41) is 20.8. The Bertz CT molecular complexity index is 1200. The molecule has 1 N–H and O–H groups in total. The number of piperidine rings is 1. The minimum absolute atomic E-state index is 0.0434. The summed E-state index contributed by atoms with van der Waals surface area (Å²) in [6.45, 7) is 5.96. The lowest BCUT2D eigenvalue weighted by Gasteiger charge is -2.48. The minimum Gasteiger partial charge on any atom is -0.371 e. The van der Waals surface area contributed by atoms with Gasteiger partial charge in [-0.05, 0) is 87.0 Å². The topological polar surface area (TPSA) is 59.7 Å². The van der Waals surface area contributed by atoms with Gasteiger partial charge in [0.25, 0.3) is 0 Å². The Morgan fingerprint density at radius 3 is 2.37 bits per heavy atom.